The first kappa shape index (κ1) is 38.0. The number of carboxylic acids is 6. The van der Waals surface area contributed by atoms with E-state index in [1.165, 1.54) is 0 Å². The van der Waals surface area contributed by atoms with Gasteiger partial charge in [-0.05, 0) is 0 Å². The molecule has 0 aliphatic rings. The molecule has 0 fully saturated rings. The van der Waals surface area contributed by atoms with Gasteiger partial charge in [-0.3, -0.25) is 0 Å². The van der Waals surface area contributed by atoms with E-state index in [1.807, 2.05) is 0 Å². The Bertz CT molecular complexity index is 521. The van der Waals surface area contributed by atoms with Crippen molar-refractivity contribution in [2.45, 2.75) is 36.9 Å². The molecule has 0 aliphatic heterocycles. The third-order valence-corrected chi connectivity index (χ3v) is 2.51. The predicted octanol–water partition coefficient (Wildman–Crippen LogP) is -10.5. The zero-order valence-electron chi connectivity index (χ0n) is 13.8. The Kier molecular flexibility index (Phi) is 21.1. The number of carbonyl (C=O) groups is 6. The number of carboxylic acid groups (broad SMARTS) is 6. The van der Waals surface area contributed by atoms with Crippen LogP contribution in [0.4, 0.5) is 0 Å². The summed E-state index contributed by atoms with van der Waals surface area (Å²) in [5.41, 5.74) is -5.95. The molecule has 17 heteroatoms. The maximum absolute atomic E-state index is 10.1. The Labute approximate surface area is 193 Å². The minimum Gasteiger partial charge on any atom is -0.550 e. The molecule has 0 bridgehead atoms. The van der Waals surface area contributed by atoms with Gasteiger partial charge in [0.25, 0.3) is 0 Å². The van der Waals surface area contributed by atoms with Crippen molar-refractivity contribution >= 4 is 35.8 Å². The van der Waals surface area contributed by atoms with Crippen molar-refractivity contribution in [3.05, 3.63) is 0 Å². The fourth-order valence-corrected chi connectivity index (χ4v) is 1.37. The Balaban J connectivity index is -0.000000120. The molecule has 2 N–H and O–H groups in total. The average Bonchev–Trinajstić information content (AvgIpc) is 2.34. The monoisotopic (exact) mass is 543 g/mol. The molecule has 0 unspecified atom stereocenters. The standard InChI is InChI=1S/2C6H8O7.3Mn/c2*7-3(8)1-6(13,5(11)12)2-4(9)10;;;/h2*13H,1-2H2,(H,7,8)(H,9,10)(H,11,12);;;/p-6. The van der Waals surface area contributed by atoms with Gasteiger partial charge in [0.2, 0.25) is 0 Å². The van der Waals surface area contributed by atoms with Gasteiger partial charge in [-0.15, -0.1) is 0 Å². The topological polar surface area (TPSA) is 281 Å². The molecule has 0 atom stereocenters. The largest absolute Gasteiger partial charge is 0.550 e. The molecule has 169 valence electrons. The minimum absolute atomic E-state index is 0. The van der Waals surface area contributed by atoms with Crippen LogP contribution in [0.25, 0.3) is 0 Å². The Morgan fingerprint density at radius 2 is 0.621 bits per heavy atom. The molecule has 0 amide bonds. The summed E-state index contributed by atoms with van der Waals surface area (Å²) in [6.07, 6.45) is -5.43. The van der Waals surface area contributed by atoms with Crippen LogP contribution in [0.5, 0.6) is 0 Å². The smallest absolute Gasteiger partial charge is 0.114 e. The number of rotatable bonds is 10. The molecule has 3 radical (unpaired) electrons. The number of aliphatic carboxylic acids is 6. The summed E-state index contributed by atoms with van der Waals surface area (Å²) in [6.45, 7) is 0. The molecule has 29 heavy (non-hydrogen) atoms. The zero-order valence-corrected chi connectivity index (χ0v) is 17.3. The summed E-state index contributed by atoms with van der Waals surface area (Å²) in [5, 5.41) is 77.9. The van der Waals surface area contributed by atoms with Gasteiger partial charge in [-0.25, -0.2) is 0 Å². The van der Waals surface area contributed by atoms with Gasteiger partial charge in [0.05, 0.1) is 11.9 Å². The van der Waals surface area contributed by atoms with Crippen LogP contribution in [-0.4, -0.2) is 57.2 Å². The van der Waals surface area contributed by atoms with E-state index in [-0.39, 0.29) is 51.2 Å². The molecule has 0 aromatic carbocycles. The van der Waals surface area contributed by atoms with E-state index in [1.54, 1.807) is 0 Å². The van der Waals surface area contributed by atoms with E-state index < -0.39 is 72.7 Å². The van der Waals surface area contributed by atoms with Crippen LogP contribution in [0, 0.1) is 0 Å². The molecule has 0 spiro atoms. The number of carbonyl (C=O) groups excluding carboxylic acids is 6. The summed E-state index contributed by atoms with van der Waals surface area (Å²) in [5.74, 6) is -12.0. The van der Waals surface area contributed by atoms with E-state index in [4.69, 9.17) is 10.2 Å². The minimum atomic E-state index is -2.97. The molecule has 0 rings (SSSR count). The first-order valence-corrected chi connectivity index (χ1v) is 6.23. The van der Waals surface area contributed by atoms with Crippen LogP contribution < -0.4 is 30.6 Å². The molecule has 0 saturated carbocycles. The van der Waals surface area contributed by atoms with E-state index in [0.29, 0.717) is 0 Å². The number of hydrogen-bond donors (Lipinski definition) is 2. The first-order chi connectivity index (χ1) is 11.6. The Morgan fingerprint density at radius 3 is 0.690 bits per heavy atom. The SMILES string of the molecule is O=C([O-])CC(O)(CC(=O)[O-])C(=O)[O-].O=C([O-])CC(O)(CC(=O)[O-])C(=O)[O-].[Mn].[Mn].[Mn]. The molecular weight excluding hydrogens is 533 g/mol. The van der Waals surface area contributed by atoms with Crippen LogP contribution in [0.15, 0.2) is 0 Å². The molecule has 0 aliphatic carbocycles. The first-order valence-electron chi connectivity index (χ1n) is 6.23. The summed E-state index contributed by atoms with van der Waals surface area (Å²) in [4.78, 5) is 60.0. The van der Waals surface area contributed by atoms with Crippen molar-refractivity contribution in [3.8, 4) is 0 Å². The van der Waals surface area contributed by atoms with E-state index in [2.05, 4.69) is 0 Å². The van der Waals surface area contributed by atoms with Crippen molar-refractivity contribution in [3.63, 3.8) is 0 Å². The third kappa shape index (κ3) is 16.9. The predicted molar refractivity (Wildman–Crippen MR) is 58.4 cm³/mol. The average molecular weight is 543 g/mol. The Morgan fingerprint density at radius 1 is 0.483 bits per heavy atom. The van der Waals surface area contributed by atoms with Crippen molar-refractivity contribution in [2.75, 3.05) is 0 Å². The van der Waals surface area contributed by atoms with Gasteiger partial charge in [0, 0.05) is 101 Å². The van der Waals surface area contributed by atoms with Crippen LogP contribution in [0.2, 0.25) is 0 Å². The molecule has 0 saturated heterocycles. The zero-order chi connectivity index (χ0) is 21.3. The normalized spacial score (nSPS) is 9.72. The van der Waals surface area contributed by atoms with Gasteiger partial charge in [0.1, 0.15) is 11.2 Å². The van der Waals surface area contributed by atoms with Crippen LogP contribution >= 0.6 is 0 Å². The van der Waals surface area contributed by atoms with Gasteiger partial charge in [0.15, 0.2) is 0 Å². The van der Waals surface area contributed by atoms with Gasteiger partial charge in [-0.2, -0.15) is 0 Å². The van der Waals surface area contributed by atoms with Crippen molar-refractivity contribution in [2.24, 2.45) is 0 Å². The molecule has 0 heterocycles. The van der Waals surface area contributed by atoms with Crippen molar-refractivity contribution in [1.82, 2.24) is 0 Å². The summed E-state index contributed by atoms with van der Waals surface area (Å²) in [6, 6.07) is 0. The second kappa shape index (κ2) is 16.1. The summed E-state index contributed by atoms with van der Waals surface area (Å²) in [7, 11) is 0. The fourth-order valence-electron chi connectivity index (χ4n) is 1.37. The van der Waals surface area contributed by atoms with Gasteiger partial charge in [-0.1, -0.05) is 0 Å². The third-order valence-electron chi connectivity index (χ3n) is 2.51. The maximum Gasteiger partial charge on any atom is 0.114 e. The number of aliphatic hydroxyl groups is 2. The number of hydrogen-bond acceptors (Lipinski definition) is 14. The van der Waals surface area contributed by atoms with Crippen molar-refractivity contribution < 1.29 is 121 Å². The van der Waals surface area contributed by atoms with Crippen molar-refractivity contribution in [1.29, 1.82) is 0 Å². The fraction of sp³-hybridized carbons (Fsp3) is 0.500. The quantitative estimate of drug-likeness (QED) is 0.242. The molecule has 14 nitrogen and oxygen atoms in total. The summed E-state index contributed by atoms with van der Waals surface area (Å²) < 4.78 is 0. The van der Waals surface area contributed by atoms with E-state index in [9.17, 15) is 59.4 Å². The maximum atomic E-state index is 10.1. The van der Waals surface area contributed by atoms with E-state index >= 15 is 0 Å². The summed E-state index contributed by atoms with van der Waals surface area (Å²) >= 11 is 0. The van der Waals surface area contributed by atoms with Crippen LogP contribution in [-0.2, 0) is 80.0 Å². The molecule has 0 aromatic rings. The van der Waals surface area contributed by atoms with Gasteiger partial charge >= 0.3 is 0 Å². The molecular formula is C12H10Mn3O14-6. The van der Waals surface area contributed by atoms with Crippen LogP contribution in [0.1, 0.15) is 25.7 Å². The Hall–Kier alpha value is -1.70. The second-order valence-corrected chi connectivity index (χ2v) is 4.83. The molecule has 0 aromatic heterocycles. The van der Waals surface area contributed by atoms with Gasteiger partial charge < -0.3 is 69.6 Å². The second-order valence-electron chi connectivity index (χ2n) is 4.83. The van der Waals surface area contributed by atoms with E-state index in [0.717, 1.165) is 0 Å². The van der Waals surface area contributed by atoms with Crippen LogP contribution in [0.3, 0.4) is 0 Å².